The van der Waals surface area contributed by atoms with Crippen molar-refractivity contribution in [1.82, 2.24) is 0 Å². The van der Waals surface area contributed by atoms with Gasteiger partial charge in [0.15, 0.2) is 0 Å². The zero-order chi connectivity index (χ0) is 33.3. The van der Waals surface area contributed by atoms with Crippen molar-refractivity contribution in [2.75, 3.05) is 4.90 Å². The Morgan fingerprint density at radius 1 is 0.300 bits per heavy atom. The zero-order valence-electron chi connectivity index (χ0n) is 27.4. The number of fused-ring (bicyclic) bond motifs is 3. The van der Waals surface area contributed by atoms with Gasteiger partial charge in [-0.2, -0.15) is 0 Å². The van der Waals surface area contributed by atoms with Crippen LogP contribution in [-0.4, -0.2) is 0 Å². The second-order valence-corrected chi connectivity index (χ2v) is 13.6. The molecule has 0 saturated carbocycles. The average Bonchev–Trinajstić information content (AvgIpc) is 3.59. The van der Waals surface area contributed by atoms with Gasteiger partial charge in [0, 0.05) is 42.8 Å². The van der Waals surface area contributed by atoms with Gasteiger partial charge in [0.2, 0.25) is 0 Å². The first-order valence-electron chi connectivity index (χ1n) is 17.0. The highest BCUT2D eigenvalue weighted by Crippen LogP contribution is 2.44. The van der Waals surface area contributed by atoms with Crippen LogP contribution < -0.4 is 4.90 Å². The Bertz CT molecular complexity index is 2570. The molecule has 9 rings (SSSR count). The summed E-state index contributed by atoms with van der Waals surface area (Å²) < 4.78 is 2.66. The molecule has 9 aromatic rings. The van der Waals surface area contributed by atoms with E-state index in [0.717, 1.165) is 17.1 Å². The first-order chi connectivity index (χ1) is 24.8. The van der Waals surface area contributed by atoms with Crippen molar-refractivity contribution in [3.05, 3.63) is 200 Å². The summed E-state index contributed by atoms with van der Waals surface area (Å²) in [5.41, 5.74) is 13.1. The molecule has 0 N–H and O–H groups in total. The minimum atomic E-state index is 1.11. The van der Waals surface area contributed by atoms with Crippen LogP contribution in [0.15, 0.2) is 200 Å². The van der Waals surface area contributed by atoms with E-state index < -0.39 is 0 Å². The second-order valence-electron chi connectivity index (χ2n) is 12.5. The van der Waals surface area contributed by atoms with Gasteiger partial charge in [-0.3, -0.25) is 0 Å². The van der Waals surface area contributed by atoms with Gasteiger partial charge in [0.25, 0.3) is 0 Å². The Hall–Kier alpha value is -6.22. The lowest BCUT2D eigenvalue weighted by atomic mass is 9.93. The fourth-order valence-electron chi connectivity index (χ4n) is 7.05. The van der Waals surface area contributed by atoms with Gasteiger partial charge in [-0.1, -0.05) is 158 Å². The van der Waals surface area contributed by atoms with Gasteiger partial charge < -0.3 is 4.90 Å². The van der Waals surface area contributed by atoms with E-state index in [-0.39, 0.29) is 0 Å². The molecule has 1 heterocycles. The molecule has 0 bridgehead atoms. The van der Waals surface area contributed by atoms with Crippen molar-refractivity contribution in [3.63, 3.8) is 0 Å². The van der Waals surface area contributed by atoms with Crippen LogP contribution in [0.3, 0.4) is 0 Å². The lowest BCUT2D eigenvalue weighted by Crippen LogP contribution is -2.10. The number of hydrogen-bond acceptors (Lipinski definition) is 2. The Morgan fingerprint density at radius 3 is 1.52 bits per heavy atom. The van der Waals surface area contributed by atoms with E-state index in [2.05, 4.69) is 205 Å². The standard InChI is InChI=1S/C48H33NS/c1-3-13-34(14-4-1)36-25-29-39(30-26-36)49(41-18-11-17-38(33-41)35-15-5-2-6-16-35)40-31-27-37(28-32-40)42-19-7-8-20-43(42)45-22-12-23-46-44-21-9-10-24-47(44)50-48(45)46/h1-33H. The number of nitrogens with zero attached hydrogens (tertiary/aromatic N) is 1. The highest BCUT2D eigenvalue weighted by Gasteiger charge is 2.17. The maximum absolute atomic E-state index is 2.36. The second kappa shape index (κ2) is 13.0. The SMILES string of the molecule is c1ccc(-c2ccc(N(c3ccc(-c4ccccc4-c4cccc5c4sc4ccccc45)cc3)c3cccc(-c4ccccc4)c3)cc2)cc1. The Kier molecular flexibility index (Phi) is 7.77. The predicted molar refractivity (Wildman–Crippen MR) is 216 cm³/mol. The molecule has 0 saturated heterocycles. The van der Waals surface area contributed by atoms with Crippen LogP contribution in [0, 0.1) is 0 Å². The van der Waals surface area contributed by atoms with E-state index in [1.54, 1.807) is 0 Å². The van der Waals surface area contributed by atoms with Crippen LogP contribution in [0.1, 0.15) is 0 Å². The smallest absolute Gasteiger partial charge is 0.0467 e. The third-order valence-corrected chi connectivity index (χ3v) is 10.7. The summed E-state index contributed by atoms with van der Waals surface area (Å²) in [4.78, 5) is 2.36. The molecule has 0 amide bonds. The first kappa shape index (κ1) is 29.9. The number of thiophene rings is 1. The highest BCUT2D eigenvalue weighted by molar-refractivity contribution is 7.26. The molecule has 2 heteroatoms. The van der Waals surface area contributed by atoms with Gasteiger partial charge >= 0.3 is 0 Å². The van der Waals surface area contributed by atoms with E-state index in [9.17, 15) is 0 Å². The topological polar surface area (TPSA) is 3.24 Å². The molecule has 50 heavy (non-hydrogen) atoms. The predicted octanol–water partition coefficient (Wildman–Crippen LogP) is 14.2. The molecule has 8 aromatic carbocycles. The van der Waals surface area contributed by atoms with Crippen molar-refractivity contribution in [2.45, 2.75) is 0 Å². The van der Waals surface area contributed by atoms with Crippen molar-refractivity contribution < 1.29 is 0 Å². The largest absolute Gasteiger partial charge is 0.310 e. The van der Waals surface area contributed by atoms with E-state index >= 15 is 0 Å². The van der Waals surface area contributed by atoms with Crippen LogP contribution in [0.25, 0.3) is 64.7 Å². The molecule has 0 aliphatic heterocycles. The summed E-state index contributed by atoms with van der Waals surface area (Å²) in [5, 5.41) is 2.64. The Balaban J connectivity index is 1.13. The van der Waals surface area contributed by atoms with Gasteiger partial charge in [-0.05, 0) is 81.4 Å². The van der Waals surface area contributed by atoms with E-state index in [1.165, 1.54) is 64.7 Å². The van der Waals surface area contributed by atoms with Crippen LogP contribution in [0.4, 0.5) is 17.1 Å². The Morgan fingerprint density at radius 2 is 0.800 bits per heavy atom. The fraction of sp³-hybridized carbons (Fsp3) is 0. The highest BCUT2D eigenvalue weighted by atomic mass is 32.1. The molecule has 236 valence electrons. The first-order valence-corrected chi connectivity index (χ1v) is 17.8. The van der Waals surface area contributed by atoms with E-state index in [0.29, 0.717) is 0 Å². The average molecular weight is 656 g/mol. The maximum Gasteiger partial charge on any atom is 0.0467 e. The van der Waals surface area contributed by atoms with Crippen LogP contribution in [-0.2, 0) is 0 Å². The van der Waals surface area contributed by atoms with Crippen molar-refractivity contribution >= 4 is 48.6 Å². The summed E-state index contributed by atoms with van der Waals surface area (Å²) in [5.74, 6) is 0. The Labute approximate surface area is 297 Å². The van der Waals surface area contributed by atoms with Gasteiger partial charge in [-0.15, -0.1) is 11.3 Å². The summed E-state index contributed by atoms with van der Waals surface area (Å²) >= 11 is 1.88. The number of anilines is 3. The van der Waals surface area contributed by atoms with Crippen LogP contribution in [0.2, 0.25) is 0 Å². The minimum Gasteiger partial charge on any atom is -0.310 e. The molecule has 0 aliphatic carbocycles. The van der Waals surface area contributed by atoms with Crippen molar-refractivity contribution in [2.24, 2.45) is 0 Å². The minimum absolute atomic E-state index is 1.11. The molecule has 0 unspecified atom stereocenters. The van der Waals surface area contributed by atoms with Crippen LogP contribution in [0.5, 0.6) is 0 Å². The van der Waals surface area contributed by atoms with Gasteiger partial charge in [0.05, 0.1) is 0 Å². The molecular formula is C48H33NS. The monoisotopic (exact) mass is 655 g/mol. The number of rotatable bonds is 7. The summed E-state index contributed by atoms with van der Waals surface area (Å²) in [6.07, 6.45) is 0. The zero-order valence-corrected chi connectivity index (χ0v) is 28.2. The van der Waals surface area contributed by atoms with Crippen molar-refractivity contribution in [3.8, 4) is 44.5 Å². The number of benzene rings is 8. The summed E-state index contributed by atoms with van der Waals surface area (Å²) in [6, 6.07) is 72.2. The molecule has 1 aromatic heterocycles. The molecule has 0 fully saturated rings. The van der Waals surface area contributed by atoms with Gasteiger partial charge in [0.1, 0.15) is 0 Å². The van der Waals surface area contributed by atoms with Gasteiger partial charge in [-0.25, -0.2) is 0 Å². The third-order valence-electron chi connectivity index (χ3n) is 9.50. The molecule has 0 atom stereocenters. The lowest BCUT2D eigenvalue weighted by Gasteiger charge is -2.26. The third kappa shape index (κ3) is 5.56. The van der Waals surface area contributed by atoms with Crippen molar-refractivity contribution in [1.29, 1.82) is 0 Å². The molecule has 0 aliphatic rings. The quantitative estimate of drug-likeness (QED) is 0.165. The van der Waals surface area contributed by atoms with E-state index in [1.807, 2.05) is 11.3 Å². The van der Waals surface area contributed by atoms with E-state index in [4.69, 9.17) is 0 Å². The molecule has 1 nitrogen and oxygen atoms in total. The maximum atomic E-state index is 2.36. The summed E-state index contributed by atoms with van der Waals surface area (Å²) in [6.45, 7) is 0. The summed E-state index contributed by atoms with van der Waals surface area (Å²) in [7, 11) is 0. The molecule has 0 spiro atoms. The normalized spacial score (nSPS) is 11.2. The molecule has 0 radical (unpaired) electrons. The molecular weight excluding hydrogens is 623 g/mol. The fourth-order valence-corrected chi connectivity index (χ4v) is 8.29. The van der Waals surface area contributed by atoms with Crippen LogP contribution >= 0.6 is 11.3 Å². The lowest BCUT2D eigenvalue weighted by molar-refractivity contribution is 1.28. The number of hydrogen-bond donors (Lipinski definition) is 0.